The molecular weight excluding hydrogens is 228 g/mol. The number of hydrogen-bond acceptors (Lipinski definition) is 0. The molecular formula is C10H19BrN2. The Morgan fingerprint density at radius 3 is 2.23 bits per heavy atom. The molecule has 0 amide bonds. The van der Waals surface area contributed by atoms with Gasteiger partial charge in [0.05, 0.1) is 0 Å². The van der Waals surface area contributed by atoms with Gasteiger partial charge in [0.25, 0.3) is 0 Å². The van der Waals surface area contributed by atoms with Crippen molar-refractivity contribution in [2.45, 2.75) is 45.6 Å². The molecule has 0 aromatic carbocycles. The van der Waals surface area contributed by atoms with Crippen LogP contribution in [0.4, 0.5) is 0 Å². The maximum atomic E-state index is 3.09. The van der Waals surface area contributed by atoms with Gasteiger partial charge < -0.3 is 17.0 Å². The van der Waals surface area contributed by atoms with Crippen molar-refractivity contribution in [1.29, 1.82) is 0 Å². The molecule has 76 valence electrons. The predicted molar refractivity (Wildman–Crippen MR) is 49.8 cm³/mol. The van der Waals surface area contributed by atoms with Gasteiger partial charge in [0.2, 0.25) is 6.33 Å². The highest BCUT2D eigenvalue weighted by Gasteiger charge is 2.12. The largest absolute Gasteiger partial charge is 1.00 e. The molecule has 2 nitrogen and oxygen atoms in total. The zero-order chi connectivity index (χ0) is 8.81. The number of nitrogens with zero attached hydrogens (tertiary/aromatic N) is 1. The van der Waals surface area contributed by atoms with Gasteiger partial charge in [-0.2, -0.15) is 0 Å². The number of H-pyrrole nitrogens is 1. The summed E-state index contributed by atoms with van der Waals surface area (Å²) >= 11 is 0. The minimum absolute atomic E-state index is 0. The van der Waals surface area contributed by atoms with E-state index >= 15 is 0 Å². The minimum Gasteiger partial charge on any atom is -1.00 e. The van der Waals surface area contributed by atoms with Crippen LogP contribution < -0.4 is 21.5 Å². The SMILES string of the molecule is CCCC(CCC)[n+]1cc[nH]c1.[Br-]. The fraction of sp³-hybridized carbons (Fsp3) is 0.700. The van der Waals surface area contributed by atoms with Gasteiger partial charge in [-0.1, -0.05) is 26.7 Å². The van der Waals surface area contributed by atoms with Crippen molar-refractivity contribution < 1.29 is 21.5 Å². The summed E-state index contributed by atoms with van der Waals surface area (Å²) in [6.45, 7) is 4.49. The summed E-state index contributed by atoms with van der Waals surface area (Å²) in [5, 5.41) is 0. The van der Waals surface area contributed by atoms with Gasteiger partial charge >= 0.3 is 0 Å². The fourth-order valence-electron chi connectivity index (χ4n) is 1.64. The highest BCUT2D eigenvalue weighted by Crippen LogP contribution is 2.12. The highest BCUT2D eigenvalue weighted by atomic mass is 79.9. The van der Waals surface area contributed by atoms with Crippen molar-refractivity contribution in [1.82, 2.24) is 4.98 Å². The van der Waals surface area contributed by atoms with E-state index in [1.165, 1.54) is 25.7 Å². The van der Waals surface area contributed by atoms with E-state index in [0.717, 1.165) is 0 Å². The van der Waals surface area contributed by atoms with Crippen molar-refractivity contribution in [2.75, 3.05) is 0 Å². The van der Waals surface area contributed by atoms with Crippen molar-refractivity contribution in [3.05, 3.63) is 18.7 Å². The molecule has 1 aromatic heterocycles. The number of aromatic amines is 1. The number of hydrogen-bond donors (Lipinski definition) is 1. The standard InChI is InChI=1S/C10H18N2.BrH/c1-3-5-10(6-4-2)12-8-7-11-9-12;/h7-10H,3-6H2,1-2H3;1H. The third-order valence-corrected chi connectivity index (χ3v) is 2.23. The number of nitrogens with one attached hydrogen (secondary N) is 1. The third-order valence-electron chi connectivity index (χ3n) is 2.23. The van der Waals surface area contributed by atoms with E-state index in [-0.39, 0.29) is 17.0 Å². The van der Waals surface area contributed by atoms with Gasteiger partial charge in [0.15, 0.2) is 0 Å². The Morgan fingerprint density at radius 1 is 1.23 bits per heavy atom. The second-order valence-corrected chi connectivity index (χ2v) is 3.29. The van der Waals surface area contributed by atoms with Gasteiger partial charge in [-0.3, -0.25) is 4.98 Å². The van der Waals surface area contributed by atoms with Crippen molar-refractivity contribution >= 4 is 0 Å². The first-order valence-electron chi connectivity index (χ1n) is 4.92. The van der Waals surface area contributed by atoms with E-state index in [1.54, 1.807) is 0 Å². The molecule has 0 radical (unpaired) electrons. The molecule has 0 aliphatic carbocycles. The molecule has 3 heteroatoms. The van der Waals surface area contributed by atoms with E-state index in [4.69, 9.17) is 0 Å². The Hall–Kier alpha value is -0.310. The van der Waals surface area contributed by atoms with E-state index in [9.17, 15) is 0 Å². The van der Waals surface area contributed by atoms with Crippen LogP contribution in [0.2, 0.25) is 0 Å². The molecule has 0 saturated heterocycles. The van der Waals surface area contributed by atoms with Crippen molar-refractivity contribution in [3.63, 3.8) is 0 Å². The van der Waals surface area contributed by atoms with Crippen LogP contribution >= 0.6 is 0 Å². The molecule has 1 rings (SSSR count). The van der Waals surface area contributed by atoms with Gasteiger partial charge in [-0.05, 0) is 12.8 Å². The normalized spacial score (nSPS) is 10.1. The molecule has 1 heterocycles. The second-order valence-electron chi connectivity index (χ2n) is 3.29. The summed E-state index contributed by atoms with van der Waals surface area (Å²) in [6, 6.07) is 0.700. The van der Waals surface area contributed by atoms with E-state index in [0.29, 0.717) is 6.04 Å². The lowest BCUT2D eigenvalue weighted by atomic mass is 10.1. The van der Waals surface area contributed by atoms with Crippen LogP contribution in [-0.2, 0) is 0 Å². The summed E-state index contributed by atoms with van der Waals surface area (Å²) in [4.78, 5) is 3.09. The molecule has 0 saturated carbocycles. The summed E-state index contributed by atoms with van der Waals surface area (Å²) in [7, 11) is 0. The molecule has 0 fully saturated rings. The van der Waals surface area contributed by atoms with E-state index in [2.05, 4.69) is 35.9 Å². The summed E-state index contributed by atoms with van der Waals surface area (Å²) in [5.74, 6) is 0. The van der Waals surface area contributed by atoms with Crippen LogP contribution in [0, 0.1) is 0 Å². The number of rotatable bonds is 5. The van der Waals surface area contributed by atoms with E-state index in [1.807, 2.05) is 6.20 Å². The molecule has 13 heavy (non-hydrogen) atoms. The summed E-state index contributed by atoms with van der Waals surface area (Å²) < 4.78 is 2.28. The number of imidazole rings is 1. The third kappa shape index (κ3) is 3.94. The minimum atomic E-state index is 0. The van der Waals surface area contributed by atoms with Gasteiger partial charge in [-0.15, -0.1) is 0 Å². The topological polar surface area (TPSA) is 19.7 Å². The molecule has 0 bridgehead atoms. The summed E-state index contributed by atoms with van der Waals surface area (Å²) in [5.41, 5.74) is 0. The van der Waals surface area contributed by atoms with Gasteiger partial charge in [0, 0.05) is 0 Å². The number of aromatic nitrogens is 2. The molecule has 1 aromatic rings. The first kappa shape index (κ1) is 12.7. The Morgan fingerprint density at radius 2 is 1.85 bits per heavy atom. The van der Waals surface area contributed by atoms with Crippen molar-refractivity contribution in [2.24, 2.45) is 0 Å². The monoisotopic (exact) mass is 246 g/mol. The van der Waals surface area contributed by atoms with Crippen LogP contribution in [0.1, 0.15) is 45.6 Å². The maximum Gasteiger partial charge on any atom is 0.241 e. The fourth-order valence-corrected chi connectivity index (χ4v) is 1.64. The lowest BCUT2D eigenvalue weighted by Crippen LogP contribution is -3.00. The Bertz CT molecular complexity index is 191. The Labute approximate surface area is 91.1 Å². The van der Waals surface area contributed by atoms with Gasteiger partial charge in [-0.25, -0.2) is 4.57 Å². The van der Waals surface area contributed by atoms with Crippen LogP contribution in [0.15, 0.2) is 18.7 Å². The molecule has 1 N–H and O–H groups in total. The van der Waals surface area contributed by atoms with Crippen LogP contribution in [-0.4, -0.2) is 4.98 Å². The summed E-state index contributed by atoms with van der Waals surface area (Å²) in [6.07, 6.45) is 11.3. The first-order valence-corrected chi connectivity index (χ1v) is 4.92. The molecule has 0 unspecified atom stereocenters. The zero-order valence-corrected chi connectivity index (χ0v) is 10.0. The molecule has 0 aliphatic rings. The van der Waals surface area contributed by atoms with E-state index < -0.39 is 0 Å². The smallest absolute Gasteiger partial charge is 0.241 e. The second kappa shape index (κ2) is 7.13. The Kier molecular flexibility index (Phi) is 6.96. The highest BCUT2D eigenvalue weighted by molar-refractivity contribution is 4.59. The van der Waals surface area contributed by atoms with Crippen LogP contribution in [0.3, 0.4) is 0 Å². The molecule has 0 atom stereocenters. The first-order chi connectivity index (χ1) is 5.88. The van der Waals surface area contributed by atoms with Gasteiger partial charge in [0.1, 0.15) is 18.4 Å². The lowest BCUT2D eigenvalue weighted by molar-refractivity contribution is -0.723. The average Bonchev–Trinajstić information content (AvgIpc) is 2.56. The molecule has 0 aliphatic heterocycles. The van der Waals surface area contributed by atoms with Crippen LogP contribution in [0.5, 0.6) is 0 Å². The number of halogens is 1. The Balaban J connectivity index is 0.00000144. The lowest BCUT2D eigenvalue weighted by Gasteiger charge is -2.10. The quantitative estimate of drug-likeness (QED) is 0.673. The van der Waals surface area contributed by atoms with Crippen molar-refractivity contribution in [3.8, 4) is 0 Å². The van der Waals surface area contributed by atoms with Crippen LogP contribution in [0.25, 0.3) is 0 Å². The predicted octanol–water partition coefficient (Wildman–Crippen LogP) is -0.552. The molecule has 0 spiro atoms. The zero-order valence-electron chi connectivity index (χ0n) is 8.46. The average molecular weight is 247 g/mol. The maximum absolute atomic E-state index is 3.09.